The highest BCUT2D eigenvalue weighted by molar-refractivity contribution is 6.30. The van der Waals surface area contributed by atoms with Crippen molar-refractivity contribution in [3.63, 3.8) is 0 Å². The van der Waals surface area contributed by atoms with Crippen LogP contribution in [0.3, 0.4) is 0 Å². The van der Waals surface area contributed by atoms with Crippen molar-refractivity contribution in [3.05, 3.63) is 29.3 Å². The maximum atomic E-state index is 5.88. The summed E-state index contributed by atoms with van der Waals surface area (Å²) in [4.78, 5) is 4.15. The minimum Gasteiger partial charge on any atom is -0.379 e. The molecular weight excluding hydrogens is 258 g/mol. The Bertz CT molecular complexity index is 693. The van der Waals surface area contributed by atoms with E-state index in [9.17, 15) is 0 Å². The third-order valence-corrected chi connectivity index (χ3v) is 2.46. The van der Waals surface area contributed by atoms with Crippen LogP contribution in [0.1, 0.15) is 0 Å². The van der Waals surface area contributed by atoms with Crippen molar-refractivity contribution < 1.29 is 9.15 Å². The average Bonchev–Trinajstić information content (AvgIpc) is 2.97. The summed E-state index contributed by atoms with van der Waals surface area (Å²) < 4.78 is 9.50. The first kappa shape index (κ1) is 10.7. The summed E-state index contributed by atoms with van der Waals surface area (Å²) in [6, 6.07) is 7.08. The fraction of sp³-hybridized carbons (Fsp3) is 0. The van der Waals surface area contributed by atoms with Gasteiger partial charge >= 0.3 is 0 Å². The first-order valence-electron chi connectivity index (χ1n) is 4.92. The molecule has 0 radical (unpaired) electrons. The molecule has 0 saturated carbocycles. The Morgan fingerprint density at radius 1 is 1.17 bits per heavy atom. The van der Waals surface area contributed by atoms with Crippen molar-refractivity contribution in [1.29, 1.82) is 0 Å². The van der Waals surface area contributed by atoms with Crippen LogP contribution in [0.2, 0.25) is 5.02 Å². The van der Waals surface area contributed by atoms with E-state index in [1.54, 1.807) is 18.2 Å². The lowest BCUT2D eigenvalue weighted by Crippen LogP contribution is -1.88. The van der Waals surface area contributed by atoms with Gasteiger partial charge in [-0.3, -0.25) is 0 Å². The number of anilines is 1. The molecule has 0 spiro atoms. The fourth-order valence-corrected chi connectivity index (χ4v) is 1.60. The first-order chi connectivity index (χ1) is 8.74. The number of nitrogen functional groups attached to an aromatic ring is 1. The lowest BCUT2D eigenvalue weighted by Gasteiger charge is -1.93. The monoisotopic (exact) mass is 263 g/mol. The standard InChI is InChI=1S/C10H6ClN5O2/c11-6-3-1-2-5(4-6)9-13-10(17-16-9)7-8(12)15-18-14-7/h1-4H,(H2,12,15). The second kappa shape index (κ2) is 4.11. The molecule has 8 heteroatoms. The average molecular weight is 264 g/mol. The quantitative estimate of drug-likeness (QED) is 0.754. The second-order valence-corrected chi connectivity index (χ2v) is 3.87. The summed E-state index contributed by atoms with van der Waals surface area (Å²) >= 11 is 5.88. The molecule has 0 aliphatic rings. The molecule has 1 aromatic carbocycles. The molecule has 3 rings (SSSR count). The van der Waals surface area contributed by atoms with E-state index in [2.05, 4.69) is 25.1 Å². The fourth-order valence-electron chi connectivity index (χ4n) is 1.41. The van der Waals surface area contributed by atoms with Crippen molar-refractivity contribution in [2.24, 2.45) is 0 Å². The van der Waals surface area contributed by atoms with E-state index in [1.807, 2.05) is 6.07 Å². The van der Waals surface area contributed by atoms with Crippen LogP contribution >= 0.6 is 11.6 Å². The molecule has 90 valence electrons. The Kier molecular flexibility index (Phi) is 2.45. The zero-order chi connectivity index (χ0) is 12.5. The van der Waals surface area contributed by atoms with E-state index in [0.717, 1.165) is 5.56 Å². The summed E-state index contributed by atoms with van der Waals surface area (Å²) in [5, 5.41) is 11.4. The molecular formula is C10H6ClN5O2. The Balaban J connectivity index is 2.02. The van der Waals surface area contributed by atoms with Gasteiger partial charge in [-0.25, -0.2) is 4.63 Å². The maximum Gasteiger partial charge on any atom is 0.284 e. The molecule has 0 amide bonds. The van der Waals surface area contributed by atoms with Crippen LogP contribution < -0.4 is 5.73 Å². The van der Waals surface area contributed by atoms with E-state index in [-0.39, 0.29) is 17.4 Å². The number of nitrogens with two attached hydrogens (primary N) is 1. The summed E-state index contributed by atoms with van der Waals surface area (Å²) in [5.41, 5.74) is 6.48. The summed E-state index contributed by atoms with van der Waals surface area (Å²) in [5.74, 6) is 0.620. The first-order valence-corrected chi connectivity index (χ1v) is 5.30. The molecule has 2 aromatic heterocycles. The molecule has 0 unspecified atom stereocenters. The van der Waals surface area contributed by atoms with Crippen LogP contribution in [0.4, 0.5) is 5.82 Å². The van der Waals surface area contributed by atoms with E-state index < -0.39 is 0 Å². The van der Waals surface area contributed by atoms with Crippen LogP contribution in [0.15, 0.2) is 33.4 Å². The number of nitrogens with zero attached hydrogens (tertiary/aromatic N) is 4. The molecule has 2 heterocycles. The second-order valence-electron chi connectivity index (χ2n) is 3.43. The smallest absolute Gasteiger partial charge is 0.284 e. The van der Waals surface area contributed by atoms with Gasteiger partial charge in [0.1, 0.15) is 0 Å². The van der Waals surface area contributed by atoms with Gasteiger partial charge in [-0.15, -0.1) is 0 Å². The number of hydrogen-bond acceptors (Lipinski definition) is 7. The van der Waals surface area contributed by atoms with Crippen molar-refractivity contribution in [3.8, 4) is 23.0 Å². The molecule has 0 aliphatic heterocycles. The molecule has 0 aliphatic carbocycles. The summed E-state index contributed by atoms with van der Waals surface area (Å²) in [6.07, 6.45) is 0. The van der Waals surface area contributed by atoms with Gasteiger partial charge in [0, 0.05) is 10.6 Å². The number of benzene rings is 1. The topological polar surface area (TPSA) is 104 Å². The predicted octanol–water partition coefficient (Wildman–Crippen LogP) is 2.02. The highest BCUT2D eigenvalue weighted by atomic mass is 35.5. The van der Waals surface area contributed by atoms with E-state index >= 15 is 0 Å². The molecule has 18 heavy (non-hydrogen) atoms. The molecule has 0 atom stereocenters. The van der Waals surface area contributed by atoms with Gasteiger partial charge in [0.15, 0.2) is 0 Å². The molecule has 7 nitrogen and oxygen atoms in total. The Labute approximate surface area is 106 Å². The zero-order valence-electron chi connectivity index (χ0n) is 8.87. The van der Waals surface area contributed by atoms with E-state index in [4.69, 9.17) is 21.9 Å². The van der Waals surface area contributed by atoms with Gasteiger partial charge in [-0.05, 0) is 22.4 Å². The molecule has 0 bridgehead atoms. The van der Waals surface area contributed by atoms with Gasteiger partial charge in [-0.1, -0.05) is 28.9 Å². The third-order valence-electron chi connectivity index (χ3n) is 2.23. The largest absolute Gasteiger partial charge is 0.379 e. The number of halogens is 1. The Morgan fingerprint density at radius 3 is 2.78 bits per heavy atom. The number of aromatic nitrogens is 4. The molecule has 2 N–H and O–H groups in total. The van der Waals surface area contributed by atoms with Crippen molar-refractivity contribution in [2.75, 3.05) is 5.73 Å². The number of hydrogen-bond donors (Lipinski definition) is 1. The van der Waals surface area contributed by atoms with Gasteiger partial charge in [-0.2, -0.15) is 4.98 Å². The van der Waals surface area contributed by atoms with Crippen LogP contribution in [0.25, 0.3) is 23.0 Å². The summed E-state index contributed by atoms with van der Waals surface area (Å²) in [7, 11) is 0. The van der Waals surface area contributed by atoms with Crippen molar-refractivity contribution >= 4 is 17.4 Å². The minimum atomic E-state index is 0.0938. The van der Waals surface area contributed by atoms with Crippen LogP contribution in [0, 0.1) is 0 Å². The minimum absolute atomic E-state index is 0.0938. The zero-order valence-corrected chi connectivity index (χ0v) is 9.63. The maximum absolute atomic E-state index is 5.88. The van der Waals surface area contributed by atoms with Gasteiger partial charge in [0.2, 0.25) is 17.3 Å². The van der Waals surface area contributed by atoms with Crippen LogP contribution in [-0.4, -0.2) is 20.5 Å². The van der Waals surface area contributed by atoms with Gasteiger partial charge < -0.3 is 10.3 Å². The SMILES string of the molecule is Nc1nonc1-c1nc(-c2cccc(Cl)c2)no1. The van der Waals surface area contributed by atoms with Crippen molar-refractivity contribution in [2.45, 2.75) is 0 Å². The molecule has 0 fully saturated rings. The normalized spacial score (nSPS) is 10.7. The lowest BCUT2D eigenvalue weighted by atomic mass is 10.2. The molecule has 3 aromatic rings. The highest BCUT2D eigenvalue weighted by Crippen LogP contribution is 2.25. The van der Waals surface area contributed by atoms with Gasteiger partial charge in [0.25, 0.3) is 5.89 Å². The third kappa shape index (κ3) is 1.80. The van der Waals surface area contributed by atoms with Gasteiger partial charge in [0.05, 0.1) is 0 Å². The van der Waals surface area contributed by atoms with Crippen LogP contribution in [0.5, 0.6) is 0 Å². The van der Waals surface area contributed by atoms with E-state index in [1.165, 1.54) is 0 Å². The Hall–Kier alpha value is -2.41. The number of rotatable bonds is 2. The van der Waals surface area contributed by atoms with E-state index in [0.29, 0.717) is 10.8 Å². The van der Waals surface area contributed by atoms with Crippen LogP contribution in [-0.2, 0) is 0 Å². The summed E-state index contributed by atoms with van der Waals surface area (Å²) in [6.45, 7) is 0. The molecule has 0 saturated heterocycles. The Morgan fingerprint density at radius 2 is 2.06 bits per heavy atom. The lowest BCUT2D eigenvalue weighted by molar-refractivity contribution is 0.308. The van der Waals surface area contributed by atoms with Crippen molar-refractivity contribution in [1.82, 2.24) is 20.5 Å². The predicted molar refractivity (Wildman–Crippen MR) is 62.4 cm³/mol. The highest BCUT2D eigenvalue weighted by Gasteiger charge is 2.17.